The van der Waals surface area contributed by atoms with Crippen molar-refractivity contribution in [3.05, 3.63) is 0 Å². The fraction of sp³-hybridized carbons (Fsp3) is 0.500. The van der Waals surface area contributed by atoms with E-state index in [1.165, 1.54) is 0 Å². The molecule has 0 atom stereocenters. The van der Waals surface area contributed by atoms with Gasteiger partial charge in [-0.05, 0) is 0 Å². The van der Waals surface area contributed by atoms with Crippen LogP contribution in [-0.2, 0) is 0 Å². The highest BCUT2D eigenvalue weighted by Crippen LogP contribution is 1.85. The summed E-state index contributed by atoms with van der Waals surface area (Å²) in [4.78, 5) is 0. The van der Waals surface area contributed by atoms with Crippen molar-refractivity contribution >= 4 is 0 Å². The Hall–Kier alpha value is -1.46. The normalized spacial score (nSPS) is 6.60. The molecule has 0 rings (SSSR count). The van der Waals surface area contributed by atoms with Crippen molar-refractivity contribution in [2.75, 3.05) is 0 Å². The lowest BCUT2D eigenvalue weighted by atomic mass is 10.3. The summed E-state index contributed by atoms with van der Waals surface area (Å²) in [5.74, 6) is 5.60. The molecular weight excluding hydrogens is 124 g/mol. The molecule has 0 spiro atoms. The van der Waals surface area contributed by atoms with Crippen LogP contribution in [0.15, 0.2) is 0 Å². The largest absolute Gasteiger partial charge is 0.198 e. The summed E-state index contributed by atoms with van der Waals surface area (Å²) in [6.45, 7) is 0. The van der Waals surface area contributed by atoms with Crippen LogP contribution in [-0.4, -0.2) is 0 Å². The molecule has 0 aromatic rings. The first-order chi connectivity index (χ1) is 4.91. The highest BCUT2D eigenvalue weighted by atomic mass is 14.2. The van der Waals surface area contributed by atoms with Gasteiger partial charge in [0.1, 0.15) is 0 Å². The molecule has 2 heteroatoms. The van der Waals surface area contributed by atoms with Gasteiger partial charge in [-0.25, -0.2) is 0 Å². The molecule has 0 N–H and O–H groups in total. The molecule has 0 aromatic heterocycles. The first-order valence-corrected chi connectivity index (χ1v) is 3.11. The van der Waals surface area contributed by atoms with Gasteiger partial charge in [-0.2, -0.15) is 10.5 Å². The monoisotopic (exact) mass is 132 g/mol. The molecule has 0 aliphatic rings. The number of nitrogens with zero attached hydrogens (tertiary/aromatic N) is 2. The third-order valence-electron chi connectivity index (χ3n) is 0.849. The molecule has 50 valence electrons. The Morgan fingerprint density at radius 2 is 1.10 bits per heavy atom. The third kappa shape index (κ3) is 6.54. The molecule has 0 saturated heterocycles. The topological polar surface area (TPSA) is 47.6 Å². The number of hydrogen-bond acceptors (Lipinski definition) is 2. The second kappa shape index (κ2) is 7.54. The summed E-state index contributed by atoms with van der Waals surface area (Å²) >= 11 is 0. The molecule has 0 bridgehead atoms. The van der Waals surface area contributed by atoms with Crippen molar-refractivity contribution in [2.24, 2.45) is 0 Å². The number of nitriles is 2. The van der Waals surface area contributed by atoms with Crippen LogP contribution < -0.4 is 0 Å². The molecule has 2 nitrogen and oxygen atoms in total. The van der Waals surface area contributed by atoms with Crippen LogP contribution in [0.2, 0.25) is 0 Å². The molecular formula is C8H8N2. The van der Waals surface area contributed by atoms with Gasteiger partial charge in [0.2, 0.25) is 0 Å². The van der Waals surface area contributed by atoms with Crippen molar-refractivity contribution < 1.29 is 0 Å². The van der Waals surface area contributed by atoms with Crippen molar-refractivity contribution in [2.45, 2.75) is 25.7 Å². The van der Waals surface area contributed by atoms with E-state index in [-0.39, 0.29) is 0 Å². The summed E-state index contributed by atoms with van der Waals surface area (Å²) in [6, 6.07) is 3.98. The predicted octanol–water partition coefficient (Wildman–Crippen LogP) is 1.60. The lowest BCUT2D eigenvalue weighted by molar-refractivity contribution is 1.07. The lowest BCUT2D eigenvalue weighted by Crippen LogP contribution is -1.66. The summed E-state index contributed by atoms with van der Waals surface area (Å²) in [5.41, 5.74) is 0. The van der Waals surface area contributed by atoms with Gasteiger partial charge in [0.05, 0.1) is 12.1 Å². The van der Waals surface area contributed by atoms with Crippen molar-refractivity contribution in [1.82, 2.24) is 0 Å². The SMILES string of the molecule is N#CCCC#CCCC#N. The van der Waals surface area contributed by atoms with Gasteiger partial charge >= 0.3 is 0 Å². The van der Waals surface area contributed by atoms with Crippen LogP contribution in [0, 0.1) is 34.5 Å². The second-order valence-corrected chi connectivity index (χ2v) is 1.67. The zero-order chi connectivity index (χ0) is 7.66. The van der Waals surface area contributed by atoms with E-state index < -0.39 is 0 Å². The molecule has 0 heterocycles. The Kier molecular flexibility index (Phi) is 6.44. The van der Waals surface area contributed by atoms with Crippen LogP contribution in [0.4, 0.5) is 0 Å². The molecule has 0 aliphatic heterocycles. The van der Waals surface area contributed by atoms with Crippen LogP contribution in [0.5, 0.6) is 0 Å². The Labute approximate surface area is 61.1 Å². The van der Waals surface area contributed by atoms with Gasteiger partial charge in [0.25, 0.3) is 0 Å². The maximum atomic E-state index is 8.10. The summed E-state index contributed by atoms with van der Waals surface area (Å²) < 4.78 is 0. The first-order valence-electron chi connectivity index (χ1n) is 3.11. The highest BCUT2D eigenvalue weighted by molar-refractivity contribution is 5.01. The predicted molar refractivity (Wildman–Crippen MR) is 37.5 cm³/mol. The Bertz CT molecular complexity index is 184. The molecule has 0 fully saturated rings. The maximum Gasteiger partial charge on any atom is 0.0631 e. The molecule has 0 unspecified atom stereocenters. The van der Waals surface area contributed by atoms with Crippen molar-refractivity contribution in [1.29, 1.82) is 10.5 Å². The molecule has 10 heavy (non-hydrogen) atoms. The Morgan fingerprint density at radius 1 is 0.700 bits per heavy atom. The van der Waals surface area contributed by atoms with Gasteiger partial charge in [0, 0.05) is 25.7 Å². The third-order valence-corrected chi connectivity index (χ3v) is 0.849. The highest BCUT2D eigenvalue weighted by Gasteiger charge is 1.76. The van der Waals surface area contributed by atoms with E-state index in [9.17, 15) is 0 Å². The summed E-state index contributed by atoms with van der Waals surface area (Å²) in [7, 11) is 0. The van der Waals surface area contributed by atoms with Gasteiger partial charge < -0.3 is 0 Å². The minimum absolute atomic E-state index is 0.486. The van der Waals surface area contributed by atoms with Gasteiger partial charge in [-0.15, -0.1) is 11.8 Å². The maximum absolute atomic E-state index is 8.10. The van der Waals surface area contributed by atoms with E-state index in [0.29, 0.717) is 25.7 Å². The minimum Gasteiger partial charge on any atom is -0.198 e. The zero-order valence-corrected chi connectivity index (χ0v) is 5.72. The second-order valence-electron chi connectivity index (χ2n) is 1.67. The Morgan fingerprint density at radius 3 is 1.40 bits per heavy atom. The van der Waals surface area contributed by atoms with Crippen LogP contribution in [0.3, 0.4) is 0 Å². The first kappa shape index (κ1) is 8.54. The number of unbranched alkanes of at least 4 members (excludes halogenated alkanes) is 2. The number of hydrogen-bond donors (Lipinski definition) is 0. The lowest BCUT2D eigenvalue weighted by Gasteiger charge is -1.75. The van der Waals surface area contributed by atoms with E-state index in [1.807, 2.05) is 12.1 Å². The summed E-state index contributed by atoms with van der Waals surface area (Å²) in [6.07, 6.45) is 2.23. The molecule has 0 aromatic carbocycles. The Balaban J connectivity index is 3.18. The fourth-order valence-electron chi connectivity index (χ4n) is 0.414. The van der Waals surface area contributed by atoms with Crippen LogP contribution in [0.1, 0.15) is 25.7 Å². The van der Waals surface area contributed by atoms with E-state index >= 15 is 0 Å². The van der Waals surface area contributed by atoms with Crippen LogP contribution in [0.25, 0.3) is 0 Å². The standard InChI is InChI=1S/C8H8N2/c9-7-5-3-1-2-4-6-8-10/h3-6H2. The molecule has 0 amide bonds. The quantitative estimate of drug-likeness (QED) is 0.423. The zero-order valence-electron chi connectivity index (χ0n) is 5.72. The molecule has 0 saturated carbocycles. The minimum atomic E-state index is 0.486. The summed E-state index contributed by atoms with van der Waals surface area (Å²) in [5, 5.41) is 16.2. The average Bonchev–Trinajstić information content (AvgIpc) is 1.97. The number of rotatable bonds is 2. The fourth-order valence-corrected chi connectivity index (χ4v) is 0.414. The van der Waals surface area contributed by atoms with Gasteiger partial charge in [-0.3, -0.25) is 0 Å². The molecule has 0 aliphatic carbocycles. The smallest absolute Gasteiger partial charge is 0.0631 e. The van der Waals surface area contributed by atoms with Gasteiger partial charge in [-0.1, -0.05) is 0 Å². The van der Waals surface area contributed by atoms with Crippen LogP contribution >= 0.6 is 0 Å². The van der Waals surface area contributed by atoms with E-state index in [2.05, 4.69) is 11.8 Å². The molecule has 0 radical (unpaired) electrons. The van der Waals surface area contributed by atoms with Crippen molar-refractivity contribution in [3.8, 4) is 24.0 Å². The van der Waals surface area contributed by atoms with E-state index in [4.69, 9.17) is 10.5 Å². The average molecular weight is 132 g/mol. The van der Waals surface area contributed by atoms with Gasteiger partial charge in [0.15, 0.2) is 0 Å². The van der Waals surface area contributed by atoms with E-state index in [0.717, 1.165) is 0 Å². The van der Waals surface area contributed by atoms with Crippen molar-refractivity contribution in [3.63, 3.8) is 0 Å². The van der Waals surface area contributed by atoms with E-state index in [1.54, 1.807) is 0 Å².